The first-order valence-electron chi connectivity index (χ1n) is 9.47. The average Bonchev–Trinajstić information content (AvgIpc) is 2.72. The summed E-state index contributed by atoms with van der Waals surface area (Å²) < 4.78 is 13.3. The number of piperazine rings is 2. The van der Waals surface area contributed by atoms with Crippen LogP contribution in [0.5, 0.6) is 0 Å². The molecule has 0 bridgehead atoms. The van der Waals surface area contributed by atoms with Gasteiger partial charge in [0.25, 0.3) is 0 Å². The Kier molecular flexibility index (Phi) is 5.16. The van der Waals surface area contributed by atoms with E-state index in [0.29, 0.717) is 18.7 Å². The molecule has 2 aliphatic rings. The number of urea groups is 1. The zero-order valence-corrected chi connectivity index (χ0v) is 15.7. The van der Waals surface area contributed by atoms with E-state index in [4.69, 9.17) is 0 Å². The molecule has 8 heteroatoms. The highest BCUT2D eigenvalue weighted by atomic mass is 19.1. The fourth-order valence-electron chi connectivity index (χ4n) is 3.74. The van der Waals surface area contributed by atoms with Crippen molar-refractivity contribution in [3.8, 4) is 0 Å². The Morgan fingerprint density at radius 3 is 2.66 bits per heavy atom. The Hall–Kier alpha value is -3.42. The number of nitrogens with one attached hydrogen (secondary N) is 2. The van der Waals surface area contributed by atoms with Gasteiger partial charge in [-0.3, -0.25) is 9.59 Å². The molecule has 2 aliphatic heterocycles. The smallest absolute Gasteiger partial charge is 0.321 e. The first kappa shape index (κ1) is 18.9. The van der Waals surface area contributed by atoms with Gasteiger partial charge >= 0.3 is 6.03 Å². The van der Waals surface area contributed by atoms with Crippen molar-refractivity contribution < 1.29 is 18.8 Å². The largest absolute Gasteiger partial charge is 0.342 e. The Balaban J connectivity index is 1.41. The fraction of sp³-hybridized carbons (Fsp3) is 0.286. The molecule has 150 valence electrons. The van der Waals surface area contributed by atoms with E-state index in [1.807, 2.05) is 30.3 Å². The van der Waals surface area contributed by atoms with E-state index in [0.717, 1.165) is 5.56 Å². The zero-order valence-electron chi connectivity index (χ0n) is 15.7. The number of fused-ring (bicyclic) bond motifs is 1. The van der Waals surface area contributed by atoms with Crippen LogP contribution in [0.25, 0.3) is 0 Å². The number of anilines is 1. The summed E-state index contributed by atoms with van der Waals surface area (Å²) in [5, 5.41) is 5.42. The predicted octanol–water partition coefficient (Wildman–Crippen LogP) is 1.61. The van der Waals surface area contributed by atoms with Crippen LogP contribution in [0.3, 0.4) is 0 Å². The van der Waals surface area contributed by atoms with E-state index in [1.165, 1.54) is 23.1 Å². The van der Waals surface area contributed by atoms with Crippen LogP contribution in [0.1, 0.15) is 5.56 Å². The van der Waals surface area contributed by atoms with Gasteiger partial charge in [0.2, 0.25) is 11.8 Å². The van der Waals surface area contributed by atoms with Crippen LogP contribution in [0.15, 0.2) is 54.6 Å². The summed E-state index contributed by atoms with van der Waals surface area (Å²) in [7, 11) is 0. The molecule has 2 aromatic carbocycles. The van der Waals surface area contributed by atoms with Crippen molar-refractivity contribution in [2.75, 3.05) is 25.0 Å². The van der Waals surface area contributed by atoms with E-state index >= 15 is 0 Å². The van der Waals surface area contributed by atoms with Gasteiger partial charge in [0, 0.05) is 25.2 Å². The summed E-state index contributed by atoms with van der Waals surface area (Å²) in [5.41, 5.74) is 1.31. The lowest BCUT2D eigenvalue weighted by molar-refractivity contribution is -0.152. The summed E-state index contributed by atoms with van der Waals surface area (Å²) >= 11 is 0. The van der Waals surface area contributed by atoms with Gasteiger partial charge in [-0.15, -0.1) is 0 Å². The van der Waals surface area contributed by atoms with Crippen LogP contribution < -0.4 is 10.6 Å². The number of rotatable bonds is 3. The molecule has 0 aliphatic carbocycles. The van der Waals surface area contributed by atoms with Crippen molar-refractivity contribution in [2.24, 2.45) is 0 Å². The molecule has 4 amide bonds. The molecule has 7 nitrogen and oxygen atoms in total. The second kappa shape index (κ2) is 7.90. The monoisotopic (exact) mass is 396 g/mol. The summed E-state index contributed by atoms with van der Waals surface area (Å²) in [4.78, 5) is 41.0. The van der Waals surface area contributed by atoms with Crippen LogP contribution >= 0.6 is 0 Å². The second-order valence-corrected chi connectivity index (χ2v) is 7.18. The Morgan fingerprint density at radius 2 is 1.90 bits per heavy atom. The molecule has 2 aromatic rings. The Bertz CT molecular complexity index is 937. The highest BCUT2D eigenvalue weighted by molar-refractivity contribution is 5.98. The maximum atomic E-state index is 13.3. The second-order valence-electron chi connectivity index (χ2n) is 7.18. The van der Waals surface area contributed by atoms with Gasteiger partial charge in [-0.05, 0) is 23.8 Å². The number of carbonyl (C=O) groups is 3. The minimum atomic E-state index is -0.721. The molecular weight excluding hydrogens is 375 g/mol. The third kappa shape index (κ3) is 4.06. The van der Waals surface area contributed by atoms with Crippen LogP contribution in [0.4, 0.5) is 14.9 Å². The highest BCUT2D eigenvalue weighted by Gasteiger charge is 2.44. The molecule has 0 saturated carbocycles. The molecule has 2 atom stereocenters. The van der Waals surface area contributed by atoms with Gasteiger partial charge in [0.15, 0.2) is 0 Å². The zero-order chi connectivity index (χ0) is 20.4. The molecule has 2 heterocycles. The van der Waals surface area contributed by atoms with Crippen molar-refractivity contribution in [1.29, 1.82) is 0 Å². The van der Waals surface area contributed by atoms with Crippen LogP contribution in [0, 0.1) is 5.82 Å². The van der Waals surface area contributed by atoms with Gasteiger partial charge in [-0.1, -0.05) is 36.4 Å². The quantitative estimate of drug-likeness (QED) is 0.827. The predicted molar refractivity (Wildman–Crippen MR) is 105 cm³/mol. The molecule has 2 fully saturated rings. The SMILES string of the molecule is O=C1N[C@@H](Cc2ccccc2)C(=O)N2CCN(C(=O)Nc3cccc(F)c3)C[C@H]12. The van der Waals surface area contributed by atoms with Crippen LogP contribution in [0.2, 0.25) is 0 Å². The lowest BCUT2D eigenvalue weighted by atomic mass is 9.99. The van der Waals surface area contributed by atoms with Gasteiger partial charge in [0.05, 0.1) is 6.54 Å². The maximum Gasteiger partial charge on any atom is 0.321 e. The lowest BCUT2D eigenvalue weighted by Gasteiger charge is -2.45. The topological polar surface area (TPSA) is 81.8 Å². The molecule has 0 radical (unpaired) electrons. The van der Waals surface area contributed by atoms with E-state index < -0.39 is 23.9 Å². The number of hydrogen-bond donors (Lipinski definition) is 2. The van der Waals surface area contributed by atoms with E-state index in [1.54, 1.807) is 11.0 Å². The van der Waals surface area contributed by atoms with Crippen molar-refractivity contribution in [2.45, 2.75) is 18.5 Å². The van der Waals surface area contributed by atoms with Gasteiger partial charge < -0.3 is 20.4 Å². The molecule has 0 spiro atoms. The van der Waals surface area contributed by atoms with Crippen molar-refractivity contribution in [3.05, 3.63) is 66.0 Å². The van der Waals surface area contributed by atoms with E-state index in [-0.39, 0.29) is 24.9 Å². The number of hydrogen-bond acceptors (Lipinski definition) is 3. The summed E-state index contributed by atoms with van der Waals surface area (Å²) in [6.45, 7) is 0.671. The Labute approximate surface area is 167 Å². The minimum Gasteiger partial charge on any atom is -0.342 e. The van der Waals surface area contributed by atoms with Crippen LogP contribution in [-0.4, -0.2) is 59.4 Å². The Morgan fingerprint density at radius 1 is 1.10 bits per heavy atom. The molecular formula is C21H21FN4O3. The van der Waals surface area contributed by atoms with Gasteiger partial charge in [-0.25, -0.2) is 9.18 Å². The lowest BCUT2D eigenvalue weighted by Crippen LogP contribution is -2.70. The molecule has 29 heavy (non-hydrogen) atoms. The van der Waals surface area contributed by atoms with Crippen LogP contribution in [-0.2, 0) is 16.0 Å². The fourth-order valence-corrected chi connectivity index (χ4v) is 3.74. The normalized spacial score (nSPS) is 21.4. The first-order valence-corrected chi connectivity index (χ1v) is 9.47. The summed E-state index contributed by atoms with van der Waals surface area (Å²) in [6.07, 6.45) is 0.429. The van der Waals surface area contributed by atoms with Gasteiger partial charge in [0.1, 0.15) is 17.9 Å². The number of carbonyl (C=O) groups excluding carboxylic acids is 3. The minimum absolute atomic E-state index is 0.0940. The molecule has 4 rings (SSSR count). The number of halogens is 1. The molecule has 0 aromatic heterocycles. The van der Waals surface area contributed by atoms with Crippen molar-refractivity contribution in [1.82, 2.24) is 15.1 Å². The summed E-state index contributed by atoms with van der Waals surface area (Å²) in [5.74, 6) is -0.855. The standard InChI is InChI=1S/C21H21FN4O3/c22-15-7-4-8-16(12-15)23-21(29)25-9-10-26-18(13-25)19(27)24-17(20(26)28)11-14-5-2-1-3-6-14/h1-8,12,17-18H,9-11,13H2,(H,23,29)(H,24,27)/t17-,18+/m0/s1. The van der Waals surface area contributed by atoms with Crippen molar-refractivity contribution >= 4 is 23.5 Å². The summed E-state index contributed by atoms with van der Waals surface area (Å²) in [6, 6.07) is 13.4. The number of benzene rings is 2. The highest BCUT2D eigenvalue weighted by Crippen LogP contribution is 2.19. The third-order valence-electron chi connectivity index (χ3n) is 5.23. The van der Waals surface area contributed by atoms with E-state index in [2.05, 4.69) is 10.6 Å². The average molecular weight is 396 g/mol. The molecule has 2 saturated heterocycles. The molecule has 0 unspecified atom stereocenters. The van der Waals surface area contributed by atoms with Gasteiger partial charge in [-0.2, -0.15) is 0 Å². The van der Waals surface area contributed by atoms with E-state index in [9.17, 15) is 18.8 Å². The number of nitrogens with zero attached hydrogens (tertiary/aromatic N) is 2. The maximum absolute atomic E-state index is 13.3. The third-order valence-corrected chi connectivity index (χ3v) is 5.23. The number of amides is 4. The molecule has 2 N–H and O–H groups in total. The first-order chi connectivity index (χ1) is 14.0. The van der Waals surface area contributed by atoms with Crippen molar-refractivity contribution in [3.63, 3.8) is 0 Å².